The average molecular weight is 534 g/mol. The number of amides is 2. The van der Waals surface area contributed by atoms with E-state index in [1.54, 1.807) is 12.3 Å². The third-order valence-electron chi connectivity index (χ3n) is 7.18. The van der Waals surface area contributed by atoms with Gasteiger partial charge in [-0.2, -0.15) is 5.10 Å². The highest BCUT2D eigenvalue weighted by Gasteiger charge is 2.27. The summed E-state index contributed by atoms with van der Waals surface area (Å²) in [6, 6.07) is 6.94. The van der Waals surface area contributed by atoms with Crippen LogP contribution in [0.4, 0.5) is 10.2 Å². The number of aromatic amines is 1. The zero-order valence-corrected chi connectivity index (χ0v) is 21.8. The molecular weight excluding hydrogens is 505 g/mol. The minimum atomic E-state index is -0.400. The largest absolute Gasteiger partial charge is 0.352 e. The van der Waals surface area contributed by atoms with Gasteiger partial charge in [0.1, 0.15) is 5.82 Å². The molecule has 1 fully saturated rings. The molecule has 4 heterocycles. The second-order valence-corrected chi connectivity index (χ2v) is 10.9. The molecule has 1 aromatic carbocycles. The number of hydrogen-bond acceptors (Lipinski definition) is 7. The zero-order chi connectivity index (χ0) is 26.2. The Labute approximate surface area is 222 Å². The van der Waals surface area contributed by atoms with Crippen LogP contribution in [0.15, 0.2) is 30.5 Å². The van der Waals surface area contributed by atoms with Crippen molar-refractivity contribution in [2.75, 3.05) is 18.0 Å². The van der Waals surface area contributed by atoms with E-state index < -0.39 is 5.82 Å². The van der Waals surface area contributed by atoms with Crippen LogP contribution in [-0.2, 0) is 24.2 Å². The quantitative estimate of drug-likeness (QED) is 0.348. The lowest BCUT2D eigenvalue weighted by atomic mass is 10.0. The first kappa shape index (κ1) is 24.5. The molecule has 2 aliphatic rings. The first-order chi connectivity index (χ1) is 18.5. The first-order valence-electron chi connectivity index (χ1n) is 12.9. The van der Waals surface area contributed by atoms with Gasteiger partial charge in [0.15, 0.2) is 16.5 Å². The fourth-order valence-electron chi connectivity index (χ4n) is 5.32. The van der Waals surface area contributed by atoms with Crippen molar-refractivity contribution in [1.82, 2.24) is 30.8 Å². The number of thiazole rings is 1. The van der Waals surface area contributed by atoms with Gasteiger partial charge in [-0.3, -0.25) is 14.7 Å². The number of aromatic nitrogens is 4. The molecule has 6 rings (SSSR count). The standard InChI is InChI=1S/C27H28FN7O2S/c1-15(36)31-18-9-11-35(14-18)25-23-19(8-10-29-24(23)33-34-25)16-6-7-17(20(28)12-16)13-30-26(37)27-32-21-4-2-3-5-22(21)38-27/h6-8,10,12,18H,2-5,9,11,13-14H2,1H3,(H,30,37)(H,31,36)(H,29,33,34)/t18-/m1/s1. The Morgan fingerprint density at radius 2 is 2.11 bits per heavy atom. The van der Waals surface area contributed by atoms with Gasteiger partial charge in [-0.25, -0.2) is 14.4 Å². The maximum Gasteiger partial charge on any atom is 0.280 e. The maximum absolute atomic E-state index is 15.2. The van der Waals surface area contributed by atoms with Crippen LogP contribution in [0.25, 0.3) is 22.2 Å². The number of halogens is 1. The lowest BCUT2D eigenvalue weighted by Crippen LogP contribution is -2.35. The number of hydrogen-bond donors (Lipinski definition) is 3. The van der Waals surface area contributed by atoms with Crippen LogP contribution in [0, 0.1) is 5.82 Å². The number of nitrogens with zero attached hydrogens (tertiary/aromatic N) is 4. The molecule has 3 aromatic heterocycles. The molecule has 1 saturated heterocycles. The number of nitrogens with one attached hydrogen (secondary N) is 3. The van der Waals surface area contributed by atoms with Crippen LogP contribution in [0.5, 0.6) is 0 Å². The van der Waals surface area contributed by atoms with Crippen molar-refractivity contribution in [2.24, 2.45) is 0 Å². The molecule has 0 bridgehead atoms. The lowest BCUT2D eigenvalue weighted by Gasteiger charge is -2.17. The third-order valence-corrected chi connectivity index (χ3v) is 8.34. The molecular formula is C27H28FN7O2S. The zero-order valence-electron chi connectivity index (χ0n) is 21.0. The Kier molecular flexibility index (Phi) is 6.52. The third kappa shape index (κ3) is 4.73. The Bertz CT molecular complexity index is 1510. The van der Waals surface area contributed by atoms with Crippen molar-refractivity contribution in [1.29, 1.82) is 0 Å². The molecule has 9 nitrogen and oxygen atoms in total. The van der Waals surface area contributed by atoms with Crippen molar-refractivity contribution in [3.05, 3.63) is 57.4 Å². The summed E-state index contributed by atoms with van der Waals surface area (Å²) in [5.74, 6) is 0.0144. The van der Waals surface area contributed by atoms with Gasteiger partial charge < -0.3 is 15.5 Å². The summed E-state index contributed by atoms with van der Waals surface area (Å²) in [5, 5.41) is 14.5. The van der Waals surface area contributed by atoms with E-state index in [1.165, 1.54) is 29.2 Å². The number of carbonyl (C=O) groups excluding carboxylic acids is 2. The van der Waals surface area contributed by atoms with E-state index in [4.69, 9.17) is 0 Å². The van der Waals surface area contributed by atoms with Crippen LogP contribution < -0.4 is 15.5 Å². The van der Waals surface area contributed by atoms with E-state index in [9.17, 15) is 9.59 Å². The van der Waals surface area contributed by atoms with E-state index in [-0.39, 0.29) is 24.4 Å². The van der Waals surface area contributed by atoms with Gasteiger partial charge in [0, 0.05) is 49.2 Å². The van der Waals surface area contributed by atoms with Crippen molar-refractivity contribution in [3.63, 3.8) is 0 Å². The van der Waals surface area contributed by atoms with Gasteiger partial charge in [0.25, 0.3) is 5.91 Å². The van der Waals surface area contributed by atoms with Crippen LogP contribution in [-0.4, -0.2) is 51.1 Å². The molecule has 11 heteroatoms. The Morgan fingerprint density at radius 1 is 1.24 bits per heavy atom. The number of carbonyl (C=O) groups is 2. The van der Waals surface area contributed by atoms with Gasteiger partial charge in [-0.15, -0.1) is 11.3 Å². The Balaban J connectivity index is 1.21. The second-order valence-electron chi connectivity index (χ2n) is 9.85. The molecule has 196 valence electrons. The first-order valence-corrected chi connectivity index (χ1v) is 13.7. The number of anilines is 1. The van der Waals surface area contributed by atoms with Crippen LogP contribution in [0.1, 0.15) is 52.1 Å². The highest BCUT2D eigenvalue weighted by atomic mass is 32.1. The number of H-pyrrole nitrogens is 1. The molecule has 38 heavy (non-hydrogen) atoms. The van der Waals surface area contributed by atoms with Gasteiger partial charge in [-0.1, -0.05) is 12.1 Å². The Morgan fingerprint density at radius 3 is 2.92 bits per heavy atom. The van der Waals surface area contributed by atoms with Crippen molar-refractivity contribution in [2.45, 2.75) is 51.6 Å². The SMILES string of the molecule is CC(=O)N[C@@H]1CCN(c2n[nH]c3nccc(-c4ccc(CNC(=O)c5nc6c(s5)CCCC6)c(F)c4)c23)C1. The predicted octanol–water partition coefficient (Wildman–Crippen LogP) is 3.74. The molecule has 2 amide bonds. The van der Waals surface area contributed by atoms with Gasteiger partial charge in [-0.05, 0) is 55.4 Å². The van der Waals surface area contributed by atoms with Gasteiger partial charge in [0.2, 0.25) is 5.91 Å². The van der Waals surface area contributed by atoms with Crippen molar-refractivity contribution >= 4 is 40.0 Å². The van der Waals surface area contributed by atoms with Crippen molar-refractivity contribution in [3.8, 4) is 11.1 Å². The molecule has 4 aromatic rings. The maximum atomic E-state index is 15.2. The summed E-state index contributed by atoms with van der Waals surface area (Å²) in [7, 11) is 0. The lowest BCUT2D eigenvalue weighted by molar-refractivity contribution is -0.119. The molecule has 0 saturated carbocycles. The topological polar surface area (TPSA) is 116 Å². The highest BCUT2D eigenvalue weighted by molar-refractivity contribution is 7.13. The number of pyridine rings is 1. The van der Waals surface area contributed by atoms with Crippen molar-refractivity contribution < 1.29 is 14.0 Å². The fraction of sp³-hybridized carbons (Fsp3) is 0.370. The number of aryl methyl sites for hydroxylation is 2. The summed E-state index contributed by atoms with van der Waals surface area (Å²) in [6.07, 6.45) is 6.63. The van der Waals surface area contributed by atoms with Crippen LogP contribution in [0.3, 0.4) is 0 Å². The van der Waals surface area contributed by atoms with E-state index >= 15 is 4.39 Å². The molecule has 1 atom stereocenters. The summed E-state index contributed by atoms with van der Waals surface area (Å²) in [6.45, 7) is 2.98. The minimum absolute atomic E-state index is 0.0522. The predicted molar refractivity (Wildman–Crippen MR) is 144 cm³/mol. The summed E-state index contributed by atoms with van der Waals surface area (Å²) < 4.78 is 15.2. The molecule has 1 aliphatic heterocycles. The Hall–Kier alpha value is -3.86. The van der Waals surface area contributed by atoms with Crippen LogP contribution in [0.2, 0.25) is 0 Å². The monoisotopic (exact) mass is 533 g/mol. The summed E-state index contributed by atoms with van der Waals surface area (Å²) in [4.78, 5) is 36.4. The normalized spacial score (nSPS) is 17.0. The summed E-state index contributed by atoms with van der Waals surface area (Å²) >= 11 is 1.44. The highest BCUT2D eigenvalue weighted by Crippen LogP contribution is 2.35. The molecule has 1 aliphatic carbocycles. The van der Waals surface area contributed by atoms with Gasteiger partial charge >= 0.3 is 0 Å². The number of fused-ring (bicyclic) bond motifs is 2. The number of benzene rings is 1. The second kappa shape index (κ2) is 10.1. The van der Waals surface area contributed by atoms with E-state index in [2.05, 4.69) is 35.7 Å². The molecule has 3 N–H and O–H groups in total. The molecule has 0 radical (unpaired) electrons. The van der Waals surface area contributed by atoms with E-state index in [0.717, 1.165) is 61.1 Å². The molecule has 0 spiro atoms. The summed E-state index contributed by atoms with van der Waals surface area (Å²) in [5.41, 5.74) is 3.55. The fourth-order valence-corrected chi connectivity index (χ4v) is 6.39. The van der Waals surface area contributed by atoms with Gasteiger partial charge in [0.05, 0.1) is 11.1 Å². The smallest absolute Gasteiger partial charge is 0.280 e. The van der Waals surface area contributed by atoms with Crippen LogP contribution >= 0.6 is 11.3 Å². The van der Waals surface area contributed by atoms with E-state index in [1.807, 2.05) is 12.1 Å². The number of rotatable bonds is 6. The molecule has 0 unspecified atom stereocenters. The van der Waals surface area contributed by atoms with E-state index in [0.29, 0.717) is 28.3 Å². The minimum Gasteiger partial charge on any atom is -0.352 e. The average Bonchev–Trinajstić information content (AvgIpc) is 3.65.